The van der Waals surface area contributed by atoms with Gasteiger partial charge < -0.3 is 25.3 Å². The lowest BCUT2D eigenvalue weighted by molar-refractivity contribution is -0.674. The average molecular weight is 306 g/mol. The van der Waals surface area contributed by atoms with E-state index in [0.717, 1.165) is 0 Å². The first-order valence-corrected chi connectivity index (χ1v) is 6.61. The monoisotopic (exact) mass is 306 g/mol. The molecule has 0 saturated heterocycles. The molecule has 1 amide bonds. The van der Waals surface area contributed by atoms with Gasteiger partial charge in [0.25, 0.3) is 0 Å². The van der Waals surface area contributed by atoms with Gasteiger partial charge in [0.1, 0.15) is 6.04 Å². The van der Waals surface area contributed by atoms with Crippen molar-refractivity contribution >= 4 is 23.5 Å². The molecule has 118 valence electrons. The van der Waals surface area contributed by atoms with Gasteiger partial charge in [-0.25, -0.2) is 4.79 Å². The van der Waals surface area contributed by atoms with Crippen molar-refractivity contribution in [2.45, 2.75) is 12.5 Å². The number of carbonyl (C=O) groups excluding carboxylic acids is 3. The summed E-state index contributed by atoms with van der Waals surface area (Å²) in [7, 11) is 1.23. The van der Waals surface area contributed by atoms with E-state index in [0.29, 0.717) is 6.54 Å². The summed E-state index contributed by atoms with van der Waals surface area (Å²) in [6.45, 7) is 3.83. The first-order valence-electron chi connectivity index (χ1n) is 6.61. The maximum absolute atomic E-state index is 12.0. The summed E-state index contributed by atoms with van der Waals surface area (Å²) in [4.78, 5) is 34.5. The molecule has 0 radical (unpaired) electrons. The second kappa shape index (κ2) is 8.58. The number of amides is 1. The second-order valence-electron chi connectivity index (χ2n) is 4.48. The first kappa shape index (κ1) is 17.4. The third-order valence-electron chi connectivity index (χ3n) is 2.90. The summed E-state index contributed by atoms with van der Waals surface area (Å²) < 4.78 is 4.62. The van der Waals surface area contributed by atoms with Gasteiger partial charge in [-0.05, 0) is 18.2 Å². The van der Waals surface area contributed by atoms with Crippen LogP contribution in [0, 0.1) is 0 Å². The summed E-state index contributed by atoms with van der Waals surface area (Å²) in [5.74, 6) is -2.46. The number of hydrogen-bond acceptors (Lipinski definition) is 5. The highest BCUT2D eigenvalue weighted by Gasteiger charge is 2.19. The molecular weight excluding hydrogens is 288 g/mol. The minimum absolute atomic E-state index is 0.193. The van der Waals surface area contributed by atoms with E-state index in [2.05, 4.69) is 16.6 Å². The average Bonchev–Trinajstić information content (AvgIpc) is 2.50. The summed E-state index contributed by atoms with van der Waals surface area (Å²) in [5.41, 5.74) is 0.457. The van der Waals surface area contributed by atoms with Crippen molar-refractivity contribution in [1.82, 2.24) is 0 Å². The number of carbonyl (C=O) groups is 3. The predicted molar refractivity (Wildman–Crippen MR) is 76.8 cm³/mol. The van der Waals surface area contributed by atoms with Crippen LogP contribution in [-0.4, -0.2) is 37.5 Å². The van der Waals surface area contributed by atoms with E-state index in [1.807, 2.05) is 0 Å². The van der Waals surface area contributed by atoms with Gasteiger partial charge in [0, 0.05) is 0 Å². The van der Waals surface area contributed by atoms with Gasteiger partial charge in [0.15, 0.2) is 0 Å². The Balaban J connectivity index is 2.78. The van der Waals surface area contributed by atoms with Crippen LogP contribution >= 0.6 is 0 Å². The Labute approximate surface area is 128 Å². The molecule has 22 heavy (non-hydrogen) atoms. The zero-order chi connectivity index (χ0) is 16.5. The molecule has 1 aromatic rings. The maximum atomic E-state index is 12.0. The van der Waals surface area contributed by atoms with E-state index in [4.69, 9.17) is 0 Å². The van der Waals surface area contributed by atoms with Crippen molar-refractivity contribution < 1.29 is 29.5 Å². The normalized spacial score (nSPS) is 11.3. The number of benzene rings is 1. The fraction of sp³-hybridized carbons (Fsp3) is 0.267. The number of methoxy groups -OCH3 is 1. The molecule has 0 aliphatic heterocycles. The molecule has 1 atom stereocenters. The van der Waals surface area contributed by atoms with Crippen LogP contribution in [0.2, 0.25) is 0 Å². The van der Waals surface area contributed by atoms with Crippen molar-refractivity contribution in [1.29, 1.82) is 0 Å². The van der Waals surface area contributed by atoms with Crippen LogP contribution in [0.4, 0.5) is 5.69 Å². The number of hydrogen-bond donors (Lipinski definition) is 2. The van der Waals surface area contributed by atoms with Gasteiger partial charge in [0.2, 0.25) is 5.91 Å². The smallest absolute Gasteiger partial charge is 0.339 e. The molecule has 0 spiro atoms. The number of carboxylic acid groups (broad SMARTS) is 1. The predicted octanol–water partition coefficient (Wildman–Crippen LogP) is -1.33. The Morgan fingerprint density at radius 2 is 2.09 bits per heavy atom. The number of quaternary nitrogens is 1. The van der Waals surface area contributed by atoms with Crippen molar-refractivity contribution in [3.63, 3.8) is 0 Å². The van der Waals surface area contributed by atoms with E-state index in [9.17, 15) is 19.5 Å². The fourth-order valence-corrected chi connectivity index (χ4v) is 1.80. The van der Waals surface area contributed by atoms with Crippen molar-refractivity contribution in [2.24, 2.45) is 0 Å². The molecule has 1 rings (SSSR count). The van der Waals surface area contributed by atoms with Gasteiger partial charge in [-0.1, -0.05) is 18.7 Å². The minimum Gasteiger partial charge on any atom is -0.544 e. The van der Waals surface area contributed by atoms with E-state index < -0.39 is 23.9 Å². The third kappa shape index (κ3) is 5.02. The molecule has 0 aliphatic carbocycles. The molecule has 0 heterocycles. The number of nitrogens with one attached hydrogen (secondary N) is 1. The number of ether oxygens (including phenoxy) is 1. The summed E-state index contributed by atoms with van der Waals surface area (Å²) in [6.07, 6.45) is 1.24. The topological polar surface area (TPSA) is 112 Å². The Hall–Kier alpha value is -2.67. The molecule has 7 heteroatoms. The highest BCUT2D eigenvalue weighted by Crippen LogP contribution is 2.16. The molecule has 0 aliphatic rings. The van der Waals surface area contributed by atoms with E-state index in [1.165, 1.54) is 30.6 Å². The van der Waals surface area contributed by atoms with Gasteiger partial charge >= 0.3 is 5.97 Å². The van der Waals surface area contributed by atoms with Crippen LogP contribution in [0.3, 0.4) is 0 Å². The SMILES string of the molecule is C=CC[NH2+][C@@H](CC(=O)Nc1ccccc1C(=O)OC)C(=O)[O-]. The number of carboxylic acids is 1. The maximum Gasteiger partial charge on any atom is 0.339 e. The molecule has 0 saturated carbocycles. The van der Waals surface area contributed by atoms with E-state index >= 15 is 0 Å². The quantitative estimate of drug-likeness (QED) is 0.456. The molecule has 0 aromatic heterocycles. The fourth-order valence-electron chi connectivity index (χ4n) is 1.80. The van der Waals surface area contributed by atoms with Crippen LogP contribution in [0.25, 0.3) is 0 Å². The highest BCUT2D eigenvalue weighted by atomic mass is 16.5. The minimum atomic E-state index is -1.33. The van der Waals surface area contributed by atoms with Crippen molar-refractivity contribution in [3.8, 4) is 0 Å². The van der Waals surface area contributed by atoms with Crippen LogP contribution in [0.1, 0.15) is 16.8 Å². The zero-order valence-corrected chi connectivity index (χ0v) is 12.2. The first-order chi connectivity index (χ1) is 10.5. The molecule has 0 unspecified atom stereocenters. The zero-order valence-electron chi connectivity index (χ0n) is 12.2. The van der Waals surface area contributed by atoms with Gasteiger partial charge in [-0.15, -0.1) is 0 Å². The molecule has 1 aromatic carbocycles. The number of aliphatic carboxylic acids is 1. The molecule has 3 N–H and O–H groups in total. The largest absolute Gasteiger partial charge is 0.544 e. The second-order valence-corrected chi connectivity index (χ2v) is 4.48. The van der Waals surface area contributed by atoms with Gasteiger partial charge in [-0.3, -0.25) is 4.79 Å². The molecule has 7 nitrogen and oxygen atoms in total. The Morgan fingerprint density at radius 1 is 1.41 bits per heavy atom. The molecule has 0 bridgehead atoms. The summed E-state index contributed by atoms with van der Waals surface area (Å²) in [6, 6.07) is 5.28. The van der Waals surface area contributed by atoms with Crippen molar-refractivity contribution in [3.05, 3.63) is 42.5 Å². The lowest BCUT2D eigenvalue weighted by Gasteiger charge is -2.16. The number of anilines is 1. The Kier molecular flexibility index (Phi) is 6.78. The lowest BCUT2D eigenvalue weighted by atomic mass is 10.1. The van der Waals surface area contributed by atoms with Crippen LogP contribution in [-0.2, 0) is 14.3 Å². The number of esters is 1. The van der Waals surface area contributed by atoms with Crippen LogP contribution < -0.4 is 15.7 Å². The van der Waals surface area contributed by atoms with Crippen LogP contribution in [0.15, 0.2) is 36.9 Å². The van der Waals surface area contributed by atoms with E-state index in [1.54, 1.807) is 12.1 Å². The van der Waals surface area contributed by atoms with E-state index in [-0.39, 0.29) is 17.7 Å². The number of rotatable bonds is 8. The Bertz CT molecular complexity index is 571. The van der Waals surface area contributed by atoms with Crippen molar-refractivity contribution in [2.75, 3.05) is 19.0 Å². The third-order valence-corrected chi connectivity index (χ3v) is 2.90. The molecule has 0 fully saturated rings. The highest BCUT2D eigenvalue weighted by molar-refractivity contribution is 6.01. The standard InChI is InChI=1S/C15H18N2O5/c1-3-8-16-12(14(19)20)9-13(18)17-11-7-5-4-6-10(11)15(21)22-2/h3-7,12,16H,1,8-9H2,2H3,(H,17,18)(H,19,20)/t12-/m0/s1. The van der Waals surface area contributed by atoms with Gasteiger partial charge in [0.05, 0.1) is 37.3 Å². The summed E-state index contributed by atoms with van der Waals surface area (Å²) in [5, 5.41) is 14.9. The van der Waals surface area contributed by atoms with Crippen LogP contribution in [0.5, 0.6) is 0 Å². The Morgan fingerprint density at radius 3 is 2.68 bits per heavy atom. The van der Waals surface area contributed by atoms with Gasteiger partial charge in [-0.2, -0.15) is 0 Å². The lowest BCUT2D eigenvalue weighted by Crippen LogP contribution is -2.93. The number of para-hydroxylation sites is 1. The summed E-state index contributed by atoms with van der Waals surface area (Å²) >= 11 is 0. The molecular formula is C15H18N2O5. The number of nitrogens with two attached hydrogens (primary N) is 1.